The quantitative estimate of drug-likeness (QED) is 0.862. The summed E-state index contributed by atoms with van der Waals surface area (Å²) in [4.78, 5) is 25.6. The van der Waals surface area contributed by atoms with Gasteiger partial charge in [-0.1, -0.05) is 30.3 Å². The molecule has 0 bridgehead atoms. The van der Waals surface area contributed by atoms with Crippen molar-refractivity contribution in [3.8, 4) is 0 Å². The van der Waals surface area contributed by atoms with E-state index in [0.29, 0.717) is 19.6 Å². The van der Waals surface area contributed by atoms with Gasteiger partial charge in [0.2, 0.25) is 5.91 Å². The number of hydrogen-bond acceptors (Lipinski definition) is 4. The number of carbonyl (C=O) groups is 2. The molecular formula is C18H27N3O3. The van der Waals surface area contributed by atoms with Gasteiger partial charge in [-0.3, -0.25) is 4.79 Å². The lowest BCUT2D eigenvalue weighted by atomic mass is 9.98. The van der Waals surface area contributed by atoms with Crippen LogP contribution in [-0.2, 0) is 16.1 Å². The third kappa shape index (κ3) is 5.23. The SMILES string of the molecule is CC(C)(C)OC(=O)N1CCC(C(NCc2ccccc2)C(N)=O)C1. The van der Waals surface area contributed by atoms with Crippen LogP contribution in [0.25, 0.3) is 0 Å². The fourth-order valence-electron chi connectivity index (χ4n) is 2.87. The molecule has 0 aromatic heterocycles. The number of likely N-dealkylation sites (tertiary alicyclic amines) is 1. The zero-order chi connectivity index (χ0) is 17.7. The molecule has 2 rings (SSSR count). The van der Waals surface area contributed by atoms with Crippen molar-refractivity contribution in [1.29, 1.82) is 0 Å². The van der Waals surface area contributed by atoms with E-state index in [9.17, 15) is 9.59 Å². The second kappa shape index (κ2) is 7.66. The molecule has 6 nitrogen and oxygen atoms in total. The van der Waals surface area contributed by atoms with E-state index in [1.165, 1.54) is 0 Å². The molecule has 0 spiro atoms. The average Bonchev–Trinajstić information content (AvgIpc) is 2.96. The van der Waals surface area contributed by atoms with E-state index in [-0.39, 0.29) is 17.9 Å². The van der Waals surface area contributed by atoms with Gasteiger partial charge in [0.25, 0.3) is 0 Å². The summed E-state index contributed by atoms with van der Waals surface area (Å²) in [6.07, 6.45) is 0.394. The minimum absolute atomic E-state index is 0.00118. The number of primary amides is 1. The number of hydrogen-bond donors (Lipinski definition) is 2. The molecule has 2 unspecified atom stereocenters. The lowest BCUT2D eigenvalue weighted by Gasteiger charge is -2.25. The summed E-state index contributed by atoms with van der Waals surface area (Å²) in [5.41, 5.74) is 6.13. The van der Waals surface area contributed by atoms with Crippen molar-refractivity contribution in [2.24, 2.45) is 11.7 Å². The van der Waals surface area contributed by atoms with Gasteiger partial charge in [0, 0.05) is 25.6 Å². The summed E-state index contributed by atoms with van der Waals surface area (Å²) in [5.74, 6) is -0.388. The lowest BCUT2D eigenvalue weighted by Crippen LogP contribution is -2.47. The summed E-state index contributed by atoms with van der Waals surface area (Å²) >= 11 is 0. The van der Waals surface area contributed by atoms with Crippen LogP contribution < -0.4 is 11.1 Å². The van der Waals surface area contributed by atoms with Gasteiger partial charge in [-0.25, -0.2) is 4.79 Å². The molecule has 1 saturated heterocycles. The summed E-state index contributed by atoms with van der Waals surface area (Å²) in [6, 6.07) is 9.38. The van der Waals surface area contributed by atoms with E-state index in [2.05, 4.69) is 5.32 Å². The van der Waals surface area contributed by atoms with Gasteiger partial charge in [0.05, 0.1) is 6.04 Å². The van der Waals surface area contributed by atoms with E-state index in [1.54, 1.807) is 4.90 Å². The van der Waals surface area contributed by atoms with Crippen molar-refractivity contribution in [1.82, 2.24) is 10.2 Å². The van der Waals surface area contributed by atoms with E-state index in [1.807, 2.05) is 51.1 Å². The Bertz CT molecular complexity index is 569. The van der Waals surface area contributed by atoms with Crippen LogP contribution in [0.1, 0.15) is 32.8 Å². The molecule has 1 aromatic carbocycles. The Balaban J connectivity index is 1.92. The smallest absolute Gasteiger partial charge is 0.410 e. The van der Waals surface area contributed by atoms with Crippen LogP contribution >= 0.6 is 0 Å². The predicted molar refractivity (Wildman–Crippen MR) is 92.2 cm³/mol. The van der Waals surface area contributed by atoms with Crippen LogP contribution in [0.15, 0.2) is 30.3 Å². The zero-order valence-corrected chi connectivity index (χ0v) is 14.6. The van der Waals surface area contributed by atoms with E-state index >= 15 is 0 Å². The molecule has 2 amide bonds. The number of nitrogens with zero attached hydrogens (tertiary/aromatic N) is 1. The molecule has 2 atom stereocenters. The lowest BCUT2D eigenvalue weighted by molar-refractivity contribution is -0.121. The maximum absolute atomic E-state index is 12.1. The van der Waals surface area contributed by atoms with Crippen LogP contribution in [0.5, 0.6) is 0 Å². The molecular weight excluding hydrogens is 306 g/mol. The maximum Gasteiger partial charge on any atom is 0.410 e. The monoisotopic (exact) mass is 333 g/mol. The third-order valence-electron chi connectivity index (χ3n) is 4.02. The van der Waals surface area contributed by atoms with Crippen LogP contribution in [0.3, 0.4) is 0 Å². The van der Waals surface area contributed by atoms with Gasteiger partial charge < -0.3 is 20.7 Å². The Morgan fingerprint density at radius 3 is 2.58 bits per heavy atom. The molecule has 1 fully saturated rings. The maximum atomic E-state index is 12.1. The Morgan fingerprint density at radius 1 is 1.33 bits per heavy atom. The van der Waals surface area contributed by atoms with Crippen LogP contribution in [0, 0.1) is 5.92 Å². The van der Waals surface area contributed by atoms with Gasteiger partial charge in [0.1, 0.15) is 5.60 Å². The molecule has 0 saturated carbocycles. The number of carbonyl (C=O) groups excluding carboxylic acids is 2. The standard InChI is InChI=1S/C18H27N3O3/c1-18(2,3)24-17(23)21-10-9-14(12-21)15(16(19)22)20-11-13-7-5-4-6-8-13/h4-8,14-15,20H,9-12H2,1-3H3,(H2,19,22). The van der Waals surface area contributed by atoms with Crippen molar-refractivity contribution in [2.45, 2.75) is 45.4 Å². The largest absolute Gasteiger partial charge is 0.444 e. The minimum Gasteiger partial charge on any atom is -0.444 e. The Hall–Kier alpha value is -2.08. The van der Waals surface area contributed by atoms with E-state index in [0.717, 1.165) is 12.0 Å². The number of ether oxygens (including phenoxy) is 1. The van der Waals surface area contributed by atoms with E-state index < -0.39 is 11.6 Å². The number of amides is 2. The first kappa shape index (κ1) is 18.3. The zero-order valence-electron chi connectivity index (χ0n) is 14.6. The molecule has 3 N–H and O–H groups in total. The molecule has 1 aromatic rings. The number of benzene rings is 1. The third-order valence-corrected chi connectivity index (χ3v) is 4.02. The van der Waals surface area contributed by atoms with Gasteiger partial charge in [-0.2, -0.15) is 0 Å². The van der Waals surface area contributed by atoms with Crippen molar-refractivity contribution in [3.05, 3.63) is 35.9 Å². The van der Waals surface area contributed by atoms with Crippen LogP contribution in [0.2, 0.25) is 0 Å². The molecule has 1 aliphatic rings. The van der Waals surface area contributed by atoms with Crippen molar-refractivity contribution < 1.29 is 14.3 Å². The topological polar surface area (TPSA) is 84.7 Å². The van der Waals surface area contributed by atoms with Gasteiger partial charge in [-0.15, -0.1) is 0 Å². The number of nitrogens with one attached hydrogen (secondary N) is 1. The molecule has 0 radical (unpaired) electrons. The Morgan fingerprint density at radius 2 is 2.00 bits per heavy atom. The van der Waals surface area contributed by atoms with Crippen LogP contribution in [-0.4, -0.2) is 41.6 Å². The molecule has 0 aliphatic carbocycles. The minimum atomic E-state index is -0.524. The van der Waals surface area contributed by atoms with Gasteiger partial charge in [-0.05, 0) is 32.8 Å². The van der Waals surface area contributed by atoms with Crippen LogP contribution in [0.4, 0.5) is 4.79 Å². The first-order valence-corrected chi connectivity index (χ1v) is 8.31. The predicted octanol–water partition coefficient (Wildman–Crippen LogP) is 1.89. The summed E-state index contributed by atoms with van der Waals surface area (Å²) < 4.78 is 5.39. The second-order valence-electron chi connectivity index (χ2n) is 7.22. The number of rotatable bonds is 5. The summed E-state index contributed by atoms with van der Waals surface area (Å²) in [7, 11) is 0. The Labute approximate surface area is 143 Å². The van der Waals surface area contributed by atoms with Crippen molar-refractivity contribution >= 4 is 12.0 Å². The highest BCUT2D eigenvalue weighted by Gasteiger charge is 2.36. The fraction of sp³-hybridized carbons (Fsp3) is 0.556. The van der Waals surface area contributed by atoms with E-state index in [4.69, 9.17) is 10.5 Å². The van der Waals surface area contributed by atoms with Gasteiger partial charge in [0.15, 0.2) is 0 Å². The normalized spacial score (nSPS) is 19.1. The average molecular weight is 333 g/mol. The molecule has 6 heteroatoms. The molecule has 1 aliphatic heterocycles. The molecule has 24 heavy (non-hydrogen) atoms. The molecule has 1 heterocycles. The second-order valence-corrected chi connectivity index (χ2v) is 7.22. The Kier molecular flexibility index (Phi) is 5.83. The highest BCUT2D eigenvalue weighted by molar-refractivity contribution is 5.80. The first-order valence-electron chi connectivity index (χ1n) is 8.31. The van der Waals surface area contributed by atoms with Gasteiger partial charge >= 0.3 is 6.09 Å². The highest BCUT2D eigenvalue weighted by Crippen LogP contribution is 2.22. The molecule has 132 valence electrons. The van der Waals surface area contributed by atoms with Crippen molar-refractivity contribution in [2.75, 3.05) is 13.1 Å². The fourth-order valence-corrected chi connectivity index (χ4v) is 2.87. The highest BCUT2D eigenvalue weighted by atomic mass is 16.6. The van der Waals surface area contributed by atoms with Crippen molar-refractivity contribution in [3.63, 3.8) is 0 Å². The summed E-state index contributed by atoms with van der Waals surface area (Å²) in [5, 5.41) is 3.23. The first-order chi connectivity index (χ1) is 11.3. The summed E-state index contributed by atoms with van der Waals surface area (Å²) in [6.45, 7) is 7.14. The number of nitrogens with two attached hydrogens (primary N) is 1.